The van der Waals surface area contributed by atoms with Gasteiger partial charge in [-0.3, -0.25) is 4.79 Å². The maximum absolute atomic E-state index is 10.6. The van der Waals surface area contributed by atoms with Gasteiger partial charge in [-0.1, -0.05) is 0 Å². The Morgan fingerprint density at radius 1 is 1.53 bits per heavy atom. The van der Waals surface area contributed by atoms with Crippen LogP contribution in [0.3, 0.4) is 0 Å². The molecule has 0 radical (unpaired) electrons. The van der Waals surface area contributed by atoms with Crippen molar-refractivity contribution in [3.63, 3.8) is 0 Å². The Bertz CT molecular complexity index is 193. The summed E-state index contributed by atoms with van der Waals surface area (Å²) in [6.45, 7) is 1.88. The van der Waals surface area contributed by atoms with Gasteiger partial charge < -0.3 is 20.9 Å². The van der Waals surface area contributed by atoms with Crippen molar-refractivity contribution in [2.75, 3.05) is 19.8 Å². The van der Waals surface area contributed by atoms with Gasteiger partial charge in [-0.25, -0.2) is 0 Å². The van der Waals surface area contributed by atoms with E-state index in [0.717, 1.165) is 19.4 Å². The molecule has 1 aliphatic rings. The molecule has 4 N–H and O–H groups in total. The third-order valence-corrected chi connectivity index (χ3v) is 2.52. The third kappa shape index (κ3) is 5.11. The Balaban J connectivity index is 1.98. The second-order valence-corrected chi connectivity index (χ2v) is 3.86. The summed E-state index contributed by atoms with van der Waals surface area (Å²) in [5.74, 6) is -0.479. The van der Waals surface area contributed by atoms with Crippen LogP contribution in [0.25, 0.3) is 0 Å². The van der Waals surface area contributed by atoms with Crippen molar-refractivity contribution in [2.24, 2.45) is 11.5 Å². The van der Waals surface area contributed by atoms with Crippen LogP contribution in [0.5, 0.6) is 0 Å². The minimum Gasteiger partial charge on any atom is -0.379 e. The molecule has 2 atom stereocenters. The minimum absolute atomic E-state index is 0.212. The van der Waals surface area contributed by atoms with E-state index >= 15 is 0 Å². The van der Waals surface area contributed by atoms with Crippen LogP contribution >= 0.6 is 0 Å². The van der Waals surface area contributed by atoms with Gasteiger partial charge in [0.25, 0.3) is 0 Å². The van der Waals surface area contributed by atoms with Gasteiger partial charge in [0.15, 0.2) is 0 Å². The number of rotatable bonds is 6. The van der Waals surface area contributed by atoms with Crippen molar-refractivity contribution >= 4 is 5.91 Å². The first-order valence-corrected chi connectivity index (χ1v) is 5.44. The Morgan fingerprint density at radius 3 is 2.93 bits per heavy atom. The molecule has 0 saturated carbocycles. The third-order valence-electron chi connectivity index (χ3n) is 2.52. The monoisotopic (exact) mass is 216 g/mol. The lowest BCUT2D eigenvalue weighted by molar-refractivity contribution is -0.119. The SMILES string of the molecule is NC(=O)C(N)CCOCC1CCCCO1. The van der Waals surface area contributed by atoms with E-state index in [0.29, 0.717) is 19.6 Å². The predicted molar refractivity (Wildman–Crippen MR) is 56.2 cm³/mol. The molecule has 0 spiro atoms. The van der Waals surface area contributed by atoms with Crippen LogP contribution in [0.15, 0.2) is 0 Å². The lowest BCUT2D eigenvalue weighted by Gasteiger charge is -2.22. The van der Waals surface area contributed by atoms with E-state index in [4.69, 9.17) is 20.9 Å². The van der Waals surface area contributed by atoms with E-state index in [2.05, 4.69) is 0 Å². The molecule has 5 nitrogen and oxygen atoms in total. The van der Waals surface area contributed by atoms with Crippen LogP contribution in [0.1, 0.15) is 25.7 Å². The summed E-state index contributed by atoms with van der Waals surface area (Å²) in [6.07, 6.45) is 4.09. The van der Waals surface area contributed by atoms with Crippen LogP contribution < -0.4 is 11.5 Å². The highest BCUT2D eigenvalue weighted by Gasteiger charge is 2.14. The Hall–Kier alpha value is -0.650. The number of ether oxygens (including phenoxy) is 2. The largest absolute Gasteiger partial charge is 0.379 e. The summed E-state index contributed by atoms with van der Waals surface area (Å²) in [7, 11) is 0. The zero-order chi connectivity index (χ0) is 11.1. The topological polar surface area (TPSA) is 87.6 Å². The molecule has 1 fully saturated rings. The van der Waals surface area contributed by atoms with E-state index < -0.39 is 11.9 Å². The standard InChI is InChI=1S/C10H20N2O3/c11-9(10(12)13)4-6-14-7-8-3-1-2-5-15-8/h8-9H,1-7,11H2,(H2,12,13). The van der Waals surface area contributed by atoms with Gasteiger partial charge in [-0.05, 0) is 25.7 Å². The van der Waals surface area contributed by atoms with E-state index in [-0.39, 0.29) is 6.10 Å². The lowest BCUT2D eigenvalue weighted by atomic mass is 10.1. The average Bonchev–Trinajstić information content (AvgIpc) is 2.25. The molecule has 0 bridgehead atoms. The van der Waals surface area contributed by atoms with Gasteiger partial charge in [-0.2, -0.15) is 0 Å². The Kier molecular flexibility index (Phi) is 5.60. The van der Waals surface area contributed by atoms with E-state index in [1.54, 1.807) is 0 Å². The van der Waals surface area contributed by atoms with Crippen LogP contribution in [-0.2, 0) is 14.3 Å². The molecule has 1 saturated heterocycles. The normalized spacial score (nSPS) is 23.7. The van der Waals surface area contributed by atoms with Gasteiger partial charge in [-0.15, -0.1) is 0 Å². The highest BCUT2D eigenvalue weighted by Crippen LogP contribution is 2.12. The molecular weight excluding hydrogens is 196 g/mol. The molecule has 2 unspecified atom stereocenters. The van der Waals surface area contributed by atoms with Crippen LogP contribution in [0, 0.1) is 0 Å². The molecular formula is C10H20N2O3. The predicted octanol–water partition coefficient (Wildman–Crippen LogP) is -0.225. The summed E-state index contributed by atoms with van der Waals surface area (Å²) in [4.78, 5) is 10.6. The van der Waals surface area contributed by atoms with Gasteiger partial charge in [0, 0.05) is 13.2 Å². The number of carbonyl (C=O) groups excluding carboxylic acids is 1. The van der Waals surface area contributed by atoms with Gasteiger partial charge >= 0.3 is 0 Å². The summed E-state index contributed by atoms with van der Waals surface area (Å²) < 4.78 is 10.9. The fourth-order valence-corrected chi connectivity index (χ4v) is 1.51. The maximum atomic E-state index is 10.6. The number of hydrogen-bond donors (Lipinski definition) is 2. The zero-order valence-corrected chi connectivity index (χ0v) is 8.98. The van der Waals surface area contributed by atoms with Crippen LogP contribution in [0.2, 0.25) is 0 Å². The Labute approximate surface area is 90.1 Å². The van der Waals surface area contributed by atoms with Gasteiger partial charge in [0.2, 0.25) is 5.91 Å². The zero-order valence-electron chi connectivity index (χ0n) is 8.98. The number of amides is 1. The van der Waals surface area contributed by atoms with Crippen LogP contribution in [-0.4, -0.2) is 37.9 Å². The molecule has 88 valence electrons. The van der Waals surface area contributed by atoms with Crippen molar-refractivity contribution in [2.45, 2.75) is 37.8 Å². The first-order valence-electron chi connectivity index (χ1n) is 5.44. The van der Waals surface area contributed by atoms with Crippen LogP contribution in [0.4, 0.5) is 0 Å². The number of hydrogen-bond acceptors (Lipinski definition) is 4. The second kappa shape index (κ2) is 6.76. The molecule has 0 aromatic heterocycles. The summed E-state index contributed by atoms with van der Waals surface area (Å²) in [5.41, 5.74) is 10.5. The molecule has 1 heterocycles. The smallest absolute Gasteiger partial charge is 0.234 e. The van der Waals surface area contributed by atoms with E-state index in [9.17, 15) is 4.79 Å². The molecule has 1 rings (SSSR count). The fourth-order valence-electron chi connectivity index (χ4n) is 1.51. The van der Waals surface area contributed by atoms with Gasteiger partial charge in [0.05, 0.1) is 18.8 Å². The van der Waals surface area contributed by atoms with Crippen molar-refractivity contribution in [3.05, 3.63) is 0 Å². The van der Waals surface area contributed by atoms with E-state index in [1.165, 1.54) is 6.42 Å². The first-order chi connectivity index (χ1) is 7.20. The number of carbonyl (C=O) groups is 1. The summed E-state index contributed by atoms with van der Waals surface area (Å²) >= 11 is 0. The van der Waals surface area contributed by atoms with Crippen molar-refractivity contribution in [1.29, 1.82) is 0 Å². The van der Waals surface area contributed by atoms with Crippen molar-refractivity contribution < 1.29 is 14.3 Å². The van der Waals surface area contributed by atoms with E-state index in [1.807, 2.05) is 0 Å². The number of nitrogens with two attached hydrogens (primary N) is 2. The minimum atomic E-state index is -0.600. The maximum Gasteiger partial charge on any atom is 0.234 e. The Morgan fingerprint density at radius 2 is 2.33 bits per heavy atom. The lowest BCUT2D eigenvalue weighted by Crippen LogP contribution is -2.37. The summed E-state index contributed by atoms with van der Waals surface area (Å²) in [6, 6.07) is -0.600. The average molecular weight is 216 g/mol. The van der Waals surface area contributed by atoms with Gasteiger partial charge in [0.1, 0.15) is 0 Å². The number of primary amides is 1. The fraction of sp³-hybridized carbons (Fsp3) is 0.900. The molecule has 5 heteroatoms. The molecule has 0 aliphatic carbocycles. The molecule has 0 aromatic carbocycles. The first kappa shape index (κ1) is 12.4. The molecule has 15 heavy (non-hydrogen) atoms. The highest BCUT2D eigenvalue weighted by molar-refractivity contribution is 5.79. The highest BCUT2D eigenvalue weighted by atomic mass is 16.5. The van der Waals surface area contributed by atoms with Crippen molar-refractivity contribution in [3.8, 4) is 0 Å². The summed E-state index contributed by atoms with van der Waals surface area (Å²) in [5, 5.41) is 0. The molecule has 0 aromatic rings. The second-order valence-electron chi connectivity index (χ2n) is 3.86. The molecule has 1 amide bonds. The van der Waals surface area contributed by atoms with Crippen molar-refractivity contribution in [1.82, 2.24) is 0 Å². The molecule has 1 aliphatic heterocycles. The quantitative estimate of drug-likeness (QED) is 0.601.